The first-order valence-electron chi connectivity index (χ1n) is 9.99. The number of fused-ring (bicyclic) bond motifs is 1. The Morgan fingerprint density at radius 2 is 1.77 bits per heavy atom. The third-order valence-corrected chi connectivity index (χ3v) is 12.0. The van der Waals surface area contributed by atoms with Crippen LogP contribution in [0.25, 0.3) is 4.83 Å². The van der Waals surface area contributed by atoms with Crippen LogP contribution in [-0.4, -0.2) is 43.9 Å². The Bertz CT molecular complexity index is 658. The van der Waals surface area contributed by atoms with E-state index in [-0.39, 0.29) is 0 Å². The molecule has 0 aliphatic heterocycles. The Morgan fingerprint density at radius 1 is 1.15 bits per heavy atom. The molecule has 2 aromatic rings. The van der Waals surface area contributed by atoms with E-state index in [0.717, 1.165) is 5.69 Å². The fourth-order valence-corrected chi connectivity index (χ4v) is 10.6. The van der Waals surface area contributed by atoms with Crippen LogP contribution in [0, 0.1) is 0 Å². The third kappa shape index (κ3) is 5.72. The minimum atomic E-state index is -0.740. The van der Waals surface area contributed by atoms with Crippen molar-refractivity contribution in [1.29, 1.82) is 0 Å². The van der Waals surface area contributed by atoms with Crippen LogP contribution in [0.4, 0.5) is 0 Å². The SMILES string of the molecule is CCCC[C](CCCC)(CCCC)[Sn][c]1csc2c(C=NOC)ncn12. The molecule has 0 saturated heterocycles. The Morgan fingerprint density at radius 3 is 2.31 bits per heavy atom. The van der Waals surface area contributed by atoms with Crippen molar-refractivity contribution in [3.8, 4) is 0 Å². The van der Waals surface area contributed by atoms with Gasteiger partial charge in [-0.25, -0.2) is 0 Å². The van der Waals surface area contributed by atoms with Crippen LogP contribution >= 0.6 is 11.3 Å². The Balaban J connectivity index is 2.28. The normalized spacial score (nSPS) is 12.5. The molecule has 0 saturated carbocycles. The van der Waals surface area contributed by atoms with Gasteiger partial charge in [-0.3, -0.25) is 0 Å². The van der Waals surface area contributed by atoms with Gasteiger partial charge in [0.1, 0.15) is 0 Å². The van der Waals surface area contributed by atoms with Gasteiger partial charge in [0.25, 0.3) is 0 Å². The molecule has 2 rings (SSSR count). The summed E-state index contributed by atoms with van der Waals surface area (Å²) in [7, 11) is 1.57. The number of hydrogen-bond acceptors (Lipinski definition) is 4. The Hall–Kier alpha value is -0.561. The molecular weight excluding hydrogens is 449 g/mol. The number of hydrogen-bond donors (Lipinski definition) is 0. The molecular formula is C20H33N3OSSn. The first-order valence-corrected chi connectivity index (χ1v) is 13.7. The summed E-state index contributed by atoms with van der Waals surface area (Å²) in [6.07, 6.45) is 16.0. The van der Waals surface area contributed by atoms with Gasteiger partial charge in [0, 0.05) is 0 Å². The second-order valence-corrected chi connectivity index (χ2v) is 13.1. The van der Waals surface area contributed by atoms with Crippen molar-refractivity contribution in [2.24, 2.45) is 5.16 Å². The van der Waals surface area contributed by atoms with Crippen LogP contribution in [0.5, 0.6) is 0 Å². The molecule has 0 bridgehead atoms. The van der Waals surface area contributed by atoms with E-state index in [2.05, 4.69) is 40.7 Å². The number of imidazole rings is 1. The van der Waals surface area contributed by atoms with E-state index in [1.807, 2.05) is 6.33 Å². The second kappa shape index (κ2) is 11.3. The van der Waals surface area contributed by atoms with Gasteiger partial charge < -0.3 is 0 Å². The molecule has 2 radical (unpaired) electrons. The quantitative estimate of drug-likeness (QED) is 0.217. The summed E-state index contributed by atoms with van der Waals surface area (Å²) >= 11 is 1.07. The average molecular weight is 482 g/mol. The number of rotatable bonds is 13. The molecule has 0 aliphatic rings. The topological polar surface area (TPSA) is 38.9 Å². The standard InChI is InChI=1S/C13H27.C7H6N3OS.Sn/c1-4-7-10-13(11-8-5-2)12-9-6-3;1-11-9-4-6-7-10(5-8-6)2-3-12-7;/h4-12H2,1-3H3;3-5H,1H3;. The molecule has 0 amide bonds. The molecule has 144 valence electrons. The zero-order chi connectivity index (χ0) is 18.8. The van der Waals surface area contributed by atoms with Crippen molar-refractivity contribution in [3.05, 3.63) is 17.4 Å². The molecule has 2 aromatic heterocycles. The molecule has 26 heavy (non-hydrogen) atoms. The van der Waals surface area contributed by atoms with E-state index < -0.39 is 21.1 Å². The van der Waals surface area contributed by atoms with Crippen LogP contribution in [-0.2, 0) is 4.84 Å². The molecule has 2 heterocycles. The predicted molar refractivity (Wildman–Crippen MR) is 114 cm³/mol. The van der Waals surface area contributed by atoms with Gasteiger partial charge in [-0.05, 0) is 0 Å². The predicted octanol–water partition coefficient (Wildman–Crippen LogP) is 5.43. The van der Waals surface area contributed by atoms with Gasteiger partial charge in [-0.2, -0.15) is 0 Å². The van der Waals surface area contributed by atoms with E-state index in [0.29, 0.717) is 3.43 Å². The van der Waals surface area contributed by atoms with Crippen LogP contribution in [0.3, 0.4) is 0 Å². The summed E-state index contributed by atoms with van der Waals surface area (Å²) in [6, 6.07) is 0. The first kappa shape index (κ1) is 21.7. The summed E-state index contributed by atoms with van der Waals surface area (Å²) in [5.74, 6) is 0. The van der Waals surface area contributed by atoms with Crippen molar-refractivity contribution >= 4 is 47.2 Å². The fraction of sp³-hybridized carbons (Fsp3) is 0.700. The number of oxime groups is 1. The number of aromatic nitrogens is 2. The number of nitrogens with zero attached hydrogens (tertiary/aromatic N) is 3. The molecule has 0 atom stereocenters. The average Bonchev–Trinajstić information content (AvgIpc) is 3.24. The summed E-state index contributed by atoms with van der Waals surface area (Å²) in [6.45, 7) is 6.99. The summed E-state index contributed by atoms with van der Waals surface area (Å²) in [5, 5.41) is 6.28. The molecule has 0 unspecified atom stereocenters. The molecule has 0 aromatic carbocycles. The van der Waals surface area contributed by atoms with E-state index in [1.165, 1.54) is 62.6 Å². The van der Waals surface area contributed by atoms with Gasteiger partial charge >= 0.3 is 173 Å². The molecule has 0 fully saturated rings. The monoisotopic (exact) mass is 483 g/mol. The van der Waals surface area contributed by atoms with Gasteiger partial charge in [-0.15, -0.1) is 0 Å². The van der Waals surface area contributed by atoms with Crippen molar-refractivity contribution < 1.29 is 4.84 Å². The van der Waals surface area contributed by atoms with E-state index in [4.69, 9.17) is 4.84 Å². The summed E-state index contributed by atoms with van der Waals surface area (Å²) in [5.41, 5.74) is 0.920. The van der Waals surface area contributed by atoms with Crippen LogP contribution in [0.15, 0.2) is 16.9 Å². The van der Waals surface area contributed by atoms with Gasteiger partial charge in [0.05, 0.1) is 0 Å². The first-order chi connectivity index (χ1) is 12.7. The van der Waals surface area contributed by atoms with Gasteiger partial charge in [0.15, 0.2) is 0 Å². The Kier molecular flexibility index (Phi) is 9.46. The molecule has 0 spiro atoms. The second-order valence-electron chi connectivity index (χ2n) is 7.06. The van der Waals surface area contributed by atoms with Crippen LogP contribution in [0.1, 0.15) is 84.3 Å². The number of thiazole rings is 1. The van der Waals surface area contributed by atoms with Crippen molar-refractivity contribution in [3.63, 3.8) is 0 Å². The summed E-state index contributed by atoms with van der Waals surface area (Å²) < 4.78 is 4.51. The molecule has 6 heteroatoms. The van der Waals surface area contributed by atoms with E-state index >= 15 is 0 Å². The van der Waals surface area contributed by atoms with E-state index in [9.17, 15) is 0 Å². The third-order valence-electron chi connectivity index (χ3n) is 4.99. The summed E-state index contributed by atoms with van der Waals surface area (Å²) in [4.78, 5) is 10.6. The van der Waals surface area contributed by atoms with Gasteiger partial charge in [0.2, 0.25) is 0 Å². The van der Waals surface area contributed by atoms with Crippen molar-refractivity contribution in [2.45, 2.75) is 82.0 Å². The zero-order valence-corrected chi connectivity index (χ0v) is 20.4. The minimum absolute atomic E-state index is 0.602. The van der Waals surface area contributed by atoms with Crippen molar-refractivity contribution in [2.75, 3.05) is 7.11 Å². The Labute approximate surface area is 172 Å². The van der Waals surface area contributed by atoms with Crippen LogP contribution < -0.4 is 3.71 Å². The van der Waals surface area contributed by atoms with Gasteiger partial charge in [-0.1, -0.05) is 0 Å². The maximum absolute atomic E-state index is 4.82. The molecule has 0 N–H and O–H groups in total. The molecule has 4 nitrogen and oxygen atoms in total. The maximum atomic E-state index is 4.82. The number of unbranched alkanes of at least 4 members (excludes halogenated alkanes) is 3. The molecule has 0 aliphatic carbocycles. The van der Waals surface area contributed by atoms with Crippen LogP contribution in [0.2, 0.25) is 3.43 Å². The van der Waals surface area contributed by atoms with Crippen molar-refractivity contribution in [1.82, 2.24) is 9.38 Å². The fourth-order valence-electron chi connectivity index (χ4n) is 3.47. The van der Waals surface area contributed by atoms with E-state index in [1.54, 1.807) is 28.4 Å². The zero-order valence-electron chi connectivity index (χ0n) is 16.8.